The molecule has 2 amide bonds. The molecule has 0 saturated heterocycles. The fraction of sp³-hybridized carbons (Fsp3) is 0.778. The normalized spacial score (nSPS) is 15.9. The minimum Gasteiger partial charge on any atom is -0.481 e. The van der Waals surface area contributed by atoms with Crippen molar-refractivity contribution in [3.63, 3.8) is 0 Å². The summed E-state index contributed by atoms with van der Waals surface area (Å²) < 4.78 is 10.9. The van der Waals surface area contributed by atoms with E-state index in [0.29, 0.717) is 5.75 Å². The predicted molar refractivity (Wildman–Crippen MR) is 61.8 cm³/mol. The maximum Gasteiger partial charge on any atom is 0.315 e. The molecule has 0 rings (SSSR count). The predicted octanol–water partition coefficient (Wildman–Crippen LogP) is -0.0842. The van der Waals surface area contributed by atoms with Gasteiger partial charge in [-0.25, -0.2) is 4.79 Å². The first-order valence-corrected chi connectivity index (χ1v) is 6.62. The molecule has 0 aliphatic carbocycles. The van der Waals surface area contributed by atoms with E-state index in [0.717, 1.165) is 0 Å². The molecule has 3 N–H and O–H groups in total. The Hall–Kier alpha value is -1.11. The Morgan fingerprint density at radius 2 is 1.75 bits per heavy atom. The van der Waals surface area contributed by atoms with Gasteiger partial charge >= 0.3 is 12.0 Å². The first-order chi connectivity index (χ1) is 7.31. The summed E-state index contributed by atoms with van der Waals surface area (Å²) in [7, 11) is -0.970. The Labute approximate surface area is 97.3 Å². The van der Waals surface area contributed by atoms with Crippen LogP contribution < -0.4 is 10.6 Å². The number of nitrogens with one attached hydrogen (secondary N) is 2. The molecule has 3 unspecified atom stereocenters. The summed E-state index contributed by atoms with van der Waals surface area (Å²) >= 11 is 0. The summed E-state index contributed by atoms with van der Waals surface area (Å²) in [4.78, 5) is 21.7. The summed E-state index contributed by atoms with van der Waals surface area (Å²) in [5.41, 5.74) is 0. The van der Waals surface area contributed by atoms with Gasteiger partial charge in [-0.3, -0.25) is 9.00 Å². The third-order valence-electron chi connectivity index (χ3n) is 1.72. The molecule has 94 valence electrons. The molecule has 0 radical (unpaired) electrons. The zero-order valence-electron chi connectivity index (χ0n) is 9.65. The number of carboxylic acid groups (broad SMARTS) is 1. The first-order valence-electron chi connectivity index (χ1n) is 4.90. The molecule has 0 aromatic rings. The maximum atomic E-state index is 11.3. The molecule has 7 heteroatoms. The molecular formula is C9H18N2O4S. The topological polar surface area (TPSA) is 95.5 Å². The van der Waals surface area contributed by atoms with Crippen molar-refractivity contribution in [1.82, 2.24) is 10.6 Å². The lowest BCUT2D eigenvalue weighted by Crippen LogP contribution is -2.46. The smallest absolute Gasteiger partial charge is 0.315 e. The summed E-state index contributed by atoms with van der Waals surface area (Å²) in [6.45, 7) is 3.35. The molecule has 16 heavy (non-hydrogen) atoms. The third kappa shape index (κ3) is 8.22. The number of carbonyl (C=O) groups is 2. The van der Waals surface area contributed by atoms with Crippen LogP contribution in [0.3, 0.4) is 0 Å². The van der Waals surface area contributed by atoms with Crippen LogP contribution in [0.4, 0.5) is 4.79 Å². The van der Waals surface area contributed by atoms with Crippen LogP contribution in [0.15, 0.2) is 0 Å². The summed E-state index contributed by atoms with van der Waals surface area (Å²) in [5, 5.41) is 13.6. The lowest BCUT2D eigenvalue weighted by atomic mass is 10.2. The molecule has 0 aromatic heterocycles. The standard InChI is InChI=1S/C9H18N2O4S/c1-6(4-8(12)13)10-9(14)11-7(2)5-16(3)15/h6-7H,4-5H2,1-3H3,(H,12,13)(H2,10,11,14). The highest BCUT2D eigenvalue weighted by Gasteiger charge is 2.13. The van der Waals surface area contributed by atoms with Crippen LogP contribution in [0.2, 0.25) is 0 Å². The zero-order valence-corrected chi connectivity index (χ0v) is 10.5. The molecule has 0 aromatic carbocycles. The number of carbonyl (C=O) groups excluding carboxylic acids is 1. The van der Waals surface area contributed by atoms with E-state index < -0.39 is 28.8 Å². The number of hydrogen-bond donors (Lipinski definition) is 3. The summed E-state index contributed by atoms with van der Waals surface area (Å²) in [6.07, 6.45) is 1.44. The van der Waals surface area contributed by atoms with Crippen LogP contribution >= 0.6 is 0 Å². The molecule has 0 spiro atoms. The van der Waals surface area contributed by atoms with E-state index in [1.54, 1.807) is 20.1 Å². The highest BCUT2D eigenvalue weighted by atomic mass is 32.2. The van der Waals surface area contributed by atoms with Crippen molar-refractivity contribution in [2.24, 2.45) is 0 Å². The van der Waals surface area contributed by atoms with E-state index in [1.165, 1.54) is 0 Å². The van der Waals surface area contributed by atoms with Gasteiger partial charge in [-0.05, 0) is 13.8 Å². The summed E-state index contributed by atoms with van der Waals surface area (Å²) in [6, 6.07) is -1.08. The number of hydrogen-bond acceptors (Lipinski definition) is 3. The van der Waals surface area contributed by atoms with E-state index in [2.05, 4.69) is 10.6 Å². The van der Waals surface area contributed by atoms with Gasteiger partial charge in [0.15, 0.2) is 0 Å². The Balaban J connectivity index is 3.89. The average Bonchev–Trinajstić information content (AvgIpc) is 1.97. The highest BCUT2D eigenvalue weighted by molar-refractivity contribution is 7.84. The molecule has 6 nitrogen and oxygen atoms in total. The molecule has 0 bridgehead atoms. The third-order valence-corrected chi connectivity index (χ3v) is 2.69. The van der Waals surface area contributed by atoms with Gasteiger partial charge < -0.3 is 15.7 Å². The van der Waals surface area contributed by atoms with Crippen molar-refractivity contribution in [2.45, 2.75) is 32.4 Å². The number of carboxylic acids is 1. The second-order valence-corrected chi connectivity index (χ2v) is 5.24. The Morgan fingerprint density at radius 3 is 2.19 bits per heavy atom. The van der Waals surface area contributed by atoms with Gasteiger partial charge in [-0.1, -0.05) is 0 Å². The molecule has 0 aliphatic rings. The lowest BCUT2D eigenvalue weighted by Gasteiger charge is -2.16. The zero-order chi connectivity index (χ0) is 12.7. The Kier molecular flexibility index (Phi) is 6.71. The van der Waals surface area contributed by atoms with E-state index in [1.807, 2.05) is 0 Å². The van der Waals surface area contributed by atoms with Crippen LogP contribution in [-0.2, 0) is 15.6 Å². The van der Waals surface area contributed by atoms with Gasteiger partial charge in [-0.15, -0.1) is 0 Å². The van der Waals surface area contributed by atoms with Crippen LogP contribution in [0.5, 0.6) is 0 Å². The molecule has 0 aliphatic heterocycles. The summed E-state index contributed by atoms with van der Waals surface area (Å²) in [5.74, 6) is -0.587. The number of rotatable bonds is 6. The Bertz CT molecular complexity index is 257. The molecular weight excluding hydrogens is 232 g/mol. The minimum atomic E-state index is -0.970. The SMILES string of the molecule is CC(CC(=O)O)NC(=O)NC(C)CS(C)=O. The van der Waals surface area contributed by atoms with Gasteiger partial charge in [0.25, 0.3) is 0 Å². The second-order valence-electron chi connectivity index (χ2n) is 3.76. The van der Waals surface area contributed by atoms with E-state index in [-0.39, 0.29) is 12.5 Å². The van der Waals surface area contributed by atoms with Crippen LogP contribution in [0.1, 0.15) is 20.3 Å². The van der Waals surface area contributed by atoms with Gasteiger partial charge in [-0.2, -0.15) is 0 Å². The minimum absolute atomic E-state index is 0.124. The van der Waals surface area contributed by atoms with Crippen molar-refractivity contribution in [2.75, 3.05) is 12.0 Å². The van der Waals surface area contributed by atoms with Crippen molar-refractivity contribution in [3.8, 4) is 0 Å². The molecule has 3 atom stereocenters. The largest absolute Gasteiger partial charge is 0.481 e. The van der Waals surface area contributed by atoms with Crippen molar-refractivity contribution in [1.29, 1.82) is 0 Å². The van der Waals surface area contributed by atoms with Crippen molar-refractivity contribution in [3.05, 3.63) is 0 Å². The van der Waals surface area contributed by atoms with E-state index >= 15 is 0 Å². The maximum absolute atomic E-state index is 11.3. The fourth-order valence-electron chi connectivity index (χ4n) is 1.20. The van der Waals surface area contributed by atoms with Crippen LogP contribution in [0.25, 0.3) is 0 Å². The van der Waals surface area contributed by atoms with Crippen LogP contribution in [-0.4, -0.2) is 45.4 Å². The Morgan fingerprint density at radius 1 is 1.25 bits per heavy atom. The monoisotopic (exact) mass is 250 g/mol. The second kappa shape index (κ2) is 7.21. The van der Waals surface area contributed by atoms with E-state index in [9.17, 15) is 13.8 Å². The highest BCUT2D eigenvalue weighted by Crippen LogP contribution is 1.91. The van der Waals surface area contributed by atoms with Crippen molar-refractivity contribution < 1.29 is 18.9 Å². The average molecular weight is 250 g/mol. The van der Waals surface area contributed by atoms with E-state index in [4.69, 9.17) is 5.11 Å². The first kappa shape index (κ1) is 14.9. The molecule has 0 saturated carbocycles. The van der Waals surface area contributed by atoms with Gasteiger partial charge in [0, 0.05) is 34.9 Å². The van der Waals surface area contributed by atoms with Gasteiger partial charge in [0.05, 0.1) is 6.42 Å². The van der Waals surface area contributed by atoms with Crippen LogP contribution in [0, 0.1) is 0 Å². The van der Waals surface area contributed by atoms with Gasteiger partial charge in [0.2, 0.25) is 0 Å². The number of urea groups is 1. The quantitative estimate of drug-likeness (QED) is 0.614. The molecule has 0 heterocycles. The number of aliphatic carboxylic acids is 1. The van der Waals surface area contributed by atoms with Crippen molar-refractivity contribution >= 4 is 22.8 Å². The number of amides is 2. The fourth-order valence-corrected chi connectivity index (χ4v) is 1.98. The molecule has 0 fully saturated rings. The van der Waals surface area contributed by atoms with Gasteiger partial charge in [0.1, 0.15) is 0 Å². The lowest BCUT2D eigenvalue weighted by molar-refractivity contribution is -0.137.